The average Bonchev–Trinajstić information content (AvgIpc) is 2.41. The van der Waals surface area contributed by atoms with Crippen LogP contribution in [0.3, 0.4) is 0 Å². The zero-order valence-corrected chi connectivity index (χ0v) is 9.95. The molecule has 0 radical (unpaired) electrons. The van der Waals surface area contributed by atoms with Crippen LogP contribution in [0.2, 0.25) is 0 Å². The Hall–Kier alpha value is -0.610. The minimum atomic E-state index is -0.116. The second-order valence-electron chi connectivity index (χ2n) is 4.16. The van der Waals surface area contributed by atoms with Crippen molar-refractivity contribution >= 4 is 5.97 Å². The SMILES string of the molecule is CCN1CCC(C)NCC1CC(=O)OC. The lowest BCUT2D eigenvalue weighted by atomic mass is 10.2. The lowest BCUT2D eigenvalue weighted by Gasteiger charge is -2.27. The van der Waals surface area contributed by atoms with Gasteiger partial charge >= 0.3 is 5.97 Å². The van der Waals surface area contributed by atoms with Gasteiger partial charge in [-0.1, -0.05) is 6.92 Å². The summed E-state index contributed by atoms with van der Waals surface area (Å²) in [6, 6.07) is 0.828. The van der Waals surface area contributed by atoms with Crippen LogP contribution in [0.1, 0.15) is 26.7 Å². The highest BCUT2D eigenvalue weighted by Crippen LogP contribution is 2.10. The summed E-state index contributed by atoms with van der Waals surface area (Å²) >= 11 is 0. The number of nitrogens with one attached hydrogen (secondary N) is 1. The van der Waals surface area contributed by atoms with Gasteiger partial charge in [-0.3, -0.25) is 9.69 Å². The molecule has 2 unspecified atom stereocenters. The maximum atomic E-state index is 11.3. The van der Waals surface area contributed by atoms with Crippen LogP contribution in [0.4, 0.5) is 0 Å². The molecule has 4 nitrogen and oxygen atoms in total. The molecule has 1 saturated heterocycles. The van der Waals surface area contributed by atoms with Crippen molar-refractivity contribution in [2.45, 2.75) is 38.8 Å². The van der Waals surface area contributed by atoms with Crippen molar-refractivity contribution in [1.82, 2.24) is 10.2 Å². The van der Waals surface area contributed by atoms with Crippen molar-refractivity contribution in [3.63, 3.8) is 0 Å². The largest absolute Gasteiger partial charge is 0.469 e. The van der Waals surface area contributed by atoms with Crippen LogP contribution in [0.15, 0.2) is 0 Å². The van der Waals surface area contributed by atoms with Crippen LogP contribution < -0.4 is 5.32 Å². The minimum Gasteiger partial charge on any atom is -0.469 e. The summed E-state index contributed by atoms with van der Waals surface area (Å²) < 4.78 is 4.72. The van der Waals surface area contributed by atoms with Gasteiger partial charge in [0.15, 0.2) is 0 Å². The van der Waals surface area contributed by atoms with E-state index in [9.17, 15) is 4.79 Å². The van der Waals surface area contributed by atoms with Crippen LogP contribution in [-0.2, 0) is 9.53 Å². The minimum absolute atomic E-state index is 0.116. The first-order valence-electron chi connectivity index (χ1n) is 5.71. The van der Waals surface area contributed by atoms with Crippen molar-refractivity contribution in [2.24, 2.45) is 0 Å². The highest BCUT2D eigenvalue weighted by molar-refractivity contribution is 5.69. The number of likely N-dealkylation sites (N-methyl/N-ethyl adjacent to an activating group) is 1. The van der Waals surface area contributed by atoms with E-state index < -0.39 is 0 Å². The molecule has 0 bridgehead atoms. The normalized spacial score (nSPS) is 28.5. The fourth-order valence-corrected chi connectivity index (χ4v) is 2.00. The fourth-order valence-electron chi connectivity index (χ4n) is 2.00. The van der Waals surface area contributed by atoms with Crippen LogP contribution in [0, 0.1) is 0 Å². The Kier molecular flexibility index (Phi) is 5.05. The van der Waals surface area contributed by atoms with E-state index in [2.05, 4.69) is 24.1 Å². The summed E-state index contributed by atoms with van der Waals surface area (Å²) in [4.78, 5) is 13.6. The Balaban J connectivity index is 2.53. The summed E-state index contributed by atoms with van der Waals surface area (Å²) in [5.74, 6) is -0.116. The first-order valence-corrected chi connectivity index (χ1v) is 5.71. The van der Waals surface area contributed by atoms with Crippen LogP contribution in [0.5, 0.6) is 0 Å². The molecular weight excluding hydrogens is 192 g/mol. The van der Waals surface area contributed by atoms with E-state index in [0.29, 0.717) is 12.5 Å². The van der Waals surface area contributed by atoms with Crippen molar-refractivity contribution < 1.29 is 9.53 Å². The lowest BCUT2D eigenvalue weighted by Crippen LogP contribution is -2.41. The summed E-state index contributed by atoms with van der Waals surface area (Å²) in [7, 11) is 1.45. The zero-order valence-electron chi connectivity index (χ0n) is 9.95. The molecule has 88 valence electrons. The quantitative estimate of drug-likeness (QED) is 0.699. The monoisotopic (exact) mass is 214 g/mol. The van der Waals surface area contributed by atoms with Gasteiger partial charge in [-0.25, -0.2) is 0 Å². The standard InChI is InChI=1S/C11H22N2O2/c1-4-13-6-5-9(2)12-8-10(13)7-11(14)15-3/h9-10,12H,4-8H2,1-3H3. The molecule has 2 atom stereocenters. The number of rotatable bonds is 3. The summed E-state index contributed by atoms with van der Waals surface area (Å²) in [6.45, 7) is 7.27. The number of carbonyl (C=O) groups excluding carboxylic acids is 1. The molecule has 0 spiro atoms. The van der Waals surface area contributed by atoms with E-state index >= 15 is 0 Å². The molecule has 1 N–H and O–H groups in total. The molecule has 1 aliphatic rings. The highest BCUT2D eigenvalue weighted by atomic mass is 16.5. The first-order chi connectivity index (χ1) is 7.17. The second kappa shape index (κ2) is 6.08. The molecule has 1 rings (SSSR count). The molecular formula is C11H22N2O2. The zero-order chi connectivity index (χ0) is 11.3. The Bertz CT molecular complexity index is 209. The molecule has 0 amide bonds. The summed E-state index contributed by atoms with van der Waals surface area (Å²) in [6.07, 6.45) is 1.63. The van der Waals surface area contributed by atoms with Gasteiger partial charge in [-0.05, 0) is 26.4 Å². The van der Waals surface area contributed by atoms with E-state index in [0.717, 1.165) is 26.1 Å². The fraction of sp³-hybridized carbons (Fsp3) is 0.909. The molecule has 1 aliphatic heterocycles. The van der Waals surface area contributed by atoms with Crippen LogP contribution >= 0.6 is 0 Å². The summed E-state index contributed by atoms with van der Waals surface area (Å²) in [5, 5.41) is 3.44. The Labute approximate surface area is 92.0 Å². The summed E-state index contributed by atoms with van der Waals surface area (Å²) in [5.41, 5.74) is 0. The number of hydrogen-bond donors (Lipinski definition) is 1. The molecule has 0 aromatic heterocycles. The second-order valence-corrected chi connectivity index (χ2v) is 4.16. The maximum Gasteiger partial charge on any atom is 0.307 e. The van der Waals surface area contributed by atoms with Crippen molar-refractivity contribution in [3.05, 3.63) is 0 Å². The van der Waals surface area contributed by atoms with E-state index in [4.69, 9.17) is 4.74 Å². The van der Waals surface area contributed by atoms with Gasteiger partial charge in [0.25, 0.3) is 0 Å². The predicted molar refractivity (Wildman–Crippen MR) is 59.7 cm³/mol. The van der Waals surface area contributed by atoms with Crippen molar-refractivity contribution in [1.29, 1.82) is 0 Å². The van der Waals surface area contributed by atoms with E-state index in [-0.39, 0.29) is 12.0 Å². The van der Waals surface area contributed by atoms with Gasteiger partial charge in [0.2, 0.25) is 0 Å². The Morgan fingerprint density at radius 3 is 2.93 bits per heavy atom. The molecule has 0 aliphatic carbocycles. The molecule has 0 aromatic carbocycles. The topological polar surface area (TPSA) is 41.6 Å². The lowest BCUT2D eigenvalue weighted by molar-refractivity contribution is -0.142. The Morgan fingerprint density at radius 2 is 2.33 bits per heavy atom. The predicted octanol–water partition coefficient (Wildman–Crippen LogP) is 0.622. The molecule has 0 aromatic rings. The van der Waals surface area contributed by atoms with Gasteiger partial charge in [0.1, 0.15) is 0 Å². The number of esters is 1. The van der Waals surface area contributed by atoms with Gasteiger partial charge in [0.05, 0.1) is 13.5 Å². The molecule has 1 fully saturated rings. The third-order valence-corrected chi connectivity index (χ3v) is 3.10. The van der Waals surface area contributed by atoms with Gasteiger partial charge in [-0.15, -0.1) is 0 Å². The third kappa shape index (κ3) is 3.80. The van der Waals surface area contributed by atoms with Crippen LogP contribution in [-0.4, -0.2) is 49.7 Å². The van der Waals surface area contributed by atoms with Crippen LogP contribution in [0.25, 0.3) is 0 Å². The van der Waals surface area contributed by atoms with E-state index in [1.165, 1.54) is 7.11 Å². The Morgan fingerprint density at radius 1 is 1.60 bits per heavy atom. The number of methoxy groups -OCH3 is 1. The smallest absolute Gasteiger partial charge is 0.307 e. The van der Waals surface area contributed by atoms with Gasteiger partial charge < -0.3 is 10.1 Å². The number of ether oxygens (including phenoxy) is 1. The van der Waals surface area contributed by atoms with E-state index in [1.807, 2.05) is 0 Å². The van der Waals surface area contributed by atoms with Gasteiger partial charge in [0, 0.05) is 18.6 Å². The molecule has 15 heavy (non-hydrogen) atoms. The van der Waals surface area contributed by atoms with Crippen molar-refractivity contribution in [3.8, 4) is 0 Å². The number of nitrogens with zero attached hydrogens (tertiary/aromatic N) is 1. The maximum absolute atomic E-state index is 11.3. The molecule has 1 heterocycles. The van der Waals surface area contributed by atoms with Crippen molar-refractivity contribution in [2.75, 3.05) is 26.7 Å². The third-order valence-electron chi connectivity index (χ3n) is 3.10. The average molecular weight is 214 g/mol. The number of carbonyl (C=O) groups is 1. The molecule has 4 heteroatoms. The van der Waals surface area contributed by atoms with Gasteiger partial charge in [-0.2, -0.15) is 0 Å². The van der Waals surface area contributed by atoms with E-state index in [1.54, 1.807) is 0 Å². The highest BCUT2D eigenvalue weighted by Gasteiger charge is 2.24. The first kappa shape index (κ1) is 12.5. The number of hydrogen-bond acceptors (Lipinski definition) is 4. The molecule has 0 saturated carbocycles.